The quantitative estimate of drug-likeness (QED) is 0.730. The maximum Gasteiger partial charge on any atom is 0.234 e. The van der Waals surface area contributed by atoms with Crippen molar-refractivity contribution in [3.63, 3.8) is 0 Å². The number of anilines is 1. The summed E-state index contributed by atoms with van der Waals surface area (Å²) in [6, 6.07) is 0. The van der Waals surface area contributed by atoms with Gasteiger partial charge in [0, 0.05) is 7.11 Å². The molecule has 0 fully saturated rings. The number of carbonyl (C=O) groups excluding carboxylic acids is 1. The monoisotopic (exact) mass is 255 g/mol. The van der Waals surface area contributed by atoms with Gasteiger partial charge in [-0.25, -0.2) is 0 Å². The Labute approximate surface area is 99.6 Å². The van der Waals surface area contributed by atoms with Crippen molar-refractivity contribution in [2.24, 2.45) is 0 Å². The first kappa shape index (κ1) is 11.5. The number of hydrogen-bond acceptors (Lipinski definition) is 8. The van der Waals surface area contributed by atoms with E-state index in [0.29, 0.717) is 22.6 Å². The lowest BCUT2D eigenvalue weighted by Crippen LogP contribution is -2.15. The van der Waals surface area contributed by atoms with Crippen LogP contribution in [0.15, 0.2) is 0 Å². The lowest BCUT2D eigenvalue weighted by molar-refractivity contribution is -0.115. The van der Waals surface area contributed by atoms with Gasteiger partial charge in [0.25, 0.3) is 0 Å². The van der Waals surface area contributed by atoms with Crippen LogP contribution in [0, 0.1) is 0 Å². The summed E-state index contributed by atoms with van der Waals surface area (Å²) in [7, 11) is 1.57. The van der Waals surface area contributed by atoms with Crippen LogP contribution in [0.4, 0.5) is 5.13 Å². The average molecular weight is 255 g/mol. The van der Waals surface area contributed by atoms with E-state index < -0.39 is 0 Å². The van der Waals surface area contributed by atoms with Crippen molar-refractivity contribution in [3.8, 4) is 0 Å². The first-order valence-corrected chi connectivity index (χ1v) is 5.43. The van der Waals surface area contributed by atoms with E-state index >= 15 is 0 Å². The number of amides is 1. The Morgan fingerprint density at radius 1 is 1.47 bits per heavy atom. The van der Waals surface area contributed by atoms with Crippen LogP contribution < -0.4 is 5.32 Å². The van der Waals surface area contributed by atoms with Crippen molar-refractivity contribution in [2.75, 3.05) is 12.4 Å². The molecule has 0 aliphatic carbocycles. The highest BCUT2D eigenvalue weighted by Gasteiger charge is 2.10. The smallest absolute Gasteiger partial charge is 0.234 e. The molecule has 0 spiro atoms. The van der Waals surface area contributed by atoms with Gasteiger partial charge in [0.15, 0.2) is 5.82 Å². The lowest BCUT2D eigenvalue weighted by atomic mass is 10.4. The third-order valence-electron chi connectivity index (χ3n) is 1.69. The number of carbonyl (C=O) groups is 1. The largest absolute Gasteiger partial charge is 0.377 e. The fraction of sp³-hybridized carbons (Fsp3) is 0.429. The molecular formula is C7H9N7O2S. The molecule has 0 aliphatic heterocycles. The highest BCUT2D eigenvalue weighted by Crippen LogP contribution is 2.15. The standard InChI is InChI=1S/C7H9N7O2S/c1-16-3-6-11-12-7(17-6)8-5(15)2-4-9-13-14-10-4/h2-3H2,1H3,(H,8,12,15)(H,9,10,13,14). The maximum atomic E-state index is 11.5. The highest BCUT2D eigenvalue weighted by molar-refractivity contribution is 7.15. The van der Waals surface area contributed by atoms with E-state index in [9.17, 15) is 4.79 Å². The predicted molar refractivity (Wildman–Crippen MR) is 57.1 cm³/mol. The average Bonchev–Trinajstić information content (AvgIpc) is 2.91. The number of nitrogens with one attached hydrogen (secondary N) is 2. The second-order valence-corrected chi connectivity index (χ2v) is 4.05. The molecule has 10 heteroatoms. The molecule has 90 valence electrons. The van der Waals surface area contributed by atoms with Gasteiger partial charge >= 0.3 is 0 Å². The van der Waals surface area contributed by atoms with E-state index in [-0.39, 0.29) is 12.3 Å². The zero-order chi connectivity index (χ0) is 12.1. The SMILES string of the molecule is COCc1nnc(NC(=O)Cc2nn[nH]n2)s1. The van der Waals surface area contributed by atoms with Gasteiger partial charge in [-0.2, -0.15) is 5.21 Å². The third-order valence-corrected chi connectivity index (χ3v) is 2.50. The molecule has 0 saturated heterocycles. The summed E-state index contributed by atoms with van der Waals surface area (Å²) in [6.45, 7) is 0.373. The molecule has 0 atom stereocenters. The molecule has 2 heterocycles. The van der Waals surface area contributed by atoms with Crippen molar-refractivity contribution in [2.45, 2.75) is 13.0 Å². The Bertz CT molecular complexity index is 482. The van der Waals surface area contributed by atoms with Crippen LogP contribution in [0.3, 0.4) is 0 Å². The van der Waals surface area contributed by atoms with E-state index in [1.807, 2.05) is 0 Å². The fourth-order valence-electron chi connectivity index (χ4n) is 1.05. The minimum atomic E-state index is -0.272. The van der Waals surface area contributed by atoms with Crippen LogP contribution in [-0.2, 0) is 22.6 Å². The zero-order valence-corrected chi connectivity index (χ0v) is 9.69. The molecule has 2 aromatic rings. The Balaban J connectivity index is 1.89. The Morgan fingerprint density at radius 2 is 2.35 bits per heavy atom. The highest BCUT2D eigenvalue weighted by atomic mass is 32.1. The summed E-state index contributed by atoms with van der Waals surface area (Å²) >= 11 is 1.25. The van der Waals surface area contributed by atoms with Crippen molar-refractivity contribution >= 4 is 22.4 Å². The van der Waals surface area contributed by atoms with Gasteiger partial charge in [0.05, 0.1) is 6.42 Å². The van der Waals surface area contributed by atoms with E-state index in [1.54, 1.807) is 7.11 Å². The van der Waals surface area contributed by atoms with Gasteiger partial charge < -0.3 is 10.1 Å². The molecule has 17 heavy (non-hydrogen) atoms. The fourth-order valence-corrected chi connectivity index (χ4v) is 1.78. The minimum absolute atomic E-state index is 0.0374. The van der Waals surface area contributed by atoms with Crippen molar-refractivity contribution in [1.82, 2.24) is 30.8 Å². The number of rotatable bonds is 5. The number of H-pyrrole nitrogens is 1. The zero-order valence-electron chi connectivity index (χ0n) is 8.88. The summed E-state index contributed by atoms with van der Waals surface area (Å²) in [6.07, 6.45) is 0.0374. The number of hydrogen-bond donors (Lipinski definition) is 2. The first-order valence-electron chi connectivity index (χ1n) is 4.61. The van der Waals surface area contributed by atoms with Crippen LogP contribution in [-0.4, -0.2) is 43.8 Å². The second kappa shape index (κ2) is 5.41. The molecule has 1 amide bonds. The van der Waals surface area contributed by atoms with E-state index in [0.717, 1.165) is 0 Å². The molecule has 0 bridgehead atoms. The Morgan fingerprint density at radius 3 is 3.06 bits per heavy atom. The van der Waals surface area contributed by atoms with E-state index in [1.165, 1.54) is 11.3 Å². The molecule has 0 aliphatic rings. The molecule has 0 unspecified atom stereocenters. The predicted octanol–water partition coefficient (Wildman–Crippen LogP) is -0.621. The minimum Gasteiger partial charge on any atom is -0.377 e. The normalized spacial score (nSPS) is 10.4. The van der Waals surface area contributed by atoms with E-state index in [2.05, 4.69) is 36.1 Å². The van der Waals surface area contributed by atoms with Crippen LogP contribution in [0.25, 0.3) is 0 Å². The maximum absolute atomic E-state index is 11.5. The summed E-state index contributed by atoms with van der Waals surface area (Å²) in [5.41, 5.74) is 0. The van der Waals surface area contributed by atoms with Gasteiger partial charge in [0.1, 0.15) is 11.6 Å². The number of methoxy groups -OCH3 is 1. The Kier molecular flexibility index (Phi) is 3.67. The number of ether oxygens (including phenoxy) is 1. The Hall–Kier alpha value is -1.94. The molecule has 0 saturated carbocycles. The van der Waals surface area contributed by atoms with Crippen LogP contribution in [0.2, 0.25) is 0 Å². The van der Waals surface area contributed by atoms with Gasteiger partial charge in [-0.15, -0.1) is 20.4 Å². The number of tetrazole rings is 1. The summed E-state index contributed by atoms with van der Waals surface area (Å²) < 4.78 is 4.89. The van der Waals surface area contributed by atoms with Crippen LogP contribution >= 0.6 is 11.3 Å². The van der Waals surface area contributed by atoms with Gasteiger partial charge in [-0.1, -0.05) is 16.6 Å². The number of aromatic amines is 1. The molecular weight excluding hydrogens is 246 g/mol. The van der Waals surface area contributed by atoms with Gasteiger partial charge in [-0.05, 0) is 0 Å². The summed E-state index contributed by atoms with van der Waals surface area (Å²) in [4.78, 5) is 11.5. The molecule has 2 rings (SSSR count). The lowest BCUT2D eigenvalue weighted by Gasteiger charge is -1.96. The molecule has 0 aromatic carbocycles. The number of aromatic nitrogens is 6. The molecule has 9 nitrogen and oxygen atoms in total. The van der Waals surface area contributed by atoms with Gasteiger partial charge in [0.2, 0.25) is 11.0 Å². The van der Waals surface area contributed by atoms with Crippen LogP contribution in [0.5, 0.6) is 0 Å². The van der Waals surface area contributed by atoms with E-state index in [4.69, 9.17) is 4.74 Å². The molecule has 2 N–H and O–H groups in total. The summed E-state index contributed by atoms with van der Waals surface area (Å²) in [5, 5.41) is 24.3. The number of nitrogens with zero attached hydrogens (tertiary/aromatic N) is 5. The third kappa shape index (κ3) is 3.26. The second-order valence-electron chi connectivity index (χ2n) is 2.99. The van der Waals surface area contributed by atoms with Crippen molar-refractivity contribution < 1.29 is 9.53 Å². The molecule has 0 radical (unpaired) electrons. The van der Waals surface area contributed by atoms with Crippen LogP contribution in [0.1, 0.15) is 10.8 Å². The topological polar surface area (TPSA) is 119 Å². The van der Waals surface area contributed by atoms with Crippen molar-refractivity contribution in [3.05, 3.63) is 10.8 Å². The van der Waals surface area contributed by atoms with Gasteiger partial charge in [-0.3, -0.25) is 4.79 Å². The summed E-state index contributed by atoms with van der Waals surface area (Å²) in [5.74, 6) is 0.0515. The van der Waals surface area contributed by atoms with Crippen molar-refractivity contribution in [1.29, 1.82) is 0 Å². The first-order chi connectivity index (χ1) is 8.28. The molecule has 2 aromatic heterocycles.